The molecule has 1 unspecified atom stereocenters. The van der Waals surface area contributed by atoms with E-state index < -0.39 is 5.60 Å². The van der Waals surface area contributed by atoms with Gasteiger partial charge in [-0.3, -0.25) is 14.4 Å². The molecule has 0 spiro atoms. The van der Waals surface area contributed by atoms with E-state index in [1.165, 1.54) is 9.80 Å². The van der Waals surface area contributed by atoms with Crippen LogP contribution in [-0.2, 0) is 14.3 Å². The summed E-state index contributed by atoms with van der Waals surface area (Å²) in [6, 6.07) is 5.10. The first-order valence-corrected chi connectivity index (χ1v) is 9.47. The molecule has 1 heterocycles. The Bertz CT molecular complexity index is 752. The number of hydrogen-bond donors (Lipinski definition) is 0. The van der Waals surface area contributed by atoms with Crippen LogP contribution in [0.4, 0.5) is 5.69 Å². The van der Waals surface area contributed by atoms with Gasteiger partial charge in [-0.25, -0.2) is 0 Å². The highest BCUT2D eigenvalue weighted by Gasteiger charge is 2.30. The van der Waals surface area contributed by atoms with Crippen molar-refractivity contribution in [3.63, 3.8) is 0 Å². The molecule has 0 saturated carbocycles. The minimum atomic E-state index is -0.512. The number of benzene rings is 1. The van der Waals surface area contributed by atoms with Crippen molar-refractivity contribution in [1.29, 1.82) is 0 Å². The van der Waals surface area contributed by atoms with Crippen molar-refractivity contribution in [2.75, 3.05) is 32.6 Å². The van der Waals surface area contributed by atoms with Crippen LogP contribution in [0.3, 0.4) is 0 Å². The van der Waals surface area contributed by atoms with Crippen LogP contribution in [0.1, 0.15) is 50.4 Å². The Labute approximate surface area is 166 Å². The topological polar surface area (TPSA) is 76.2 Å². The second kappa shape index (κ2) is 8.63. The molecule has 0 radical (unpaired) electrons. The lowest BCUT2D eigenvalue weighted by atomic mass is 10.0. The molecule has 2 amide bonds. The quantitative estimate of drug-likeness (QED) is 0.723. The molecule has 1 atom stereocenters. The minimum absolute atomic E-state index is 0.0857. The van der Waals surface area contributed by atoms with Gasteiger partial charge in [0.25, 0.3) is 5.91 Å². The molecule has 7 nitrogen and oxygen atoms in total. The molecular formula is C21H30N2O5. The minimum Gasteiger partial charge on any atom is -0.491 e. The number of rotatable bonds is 5. The number of fused-ring (bicyclic) bond motifs is 1. The van der Waals surface area contributed by atoms with Crippen molar-refractivity contribution in [1.82, 2.24) is 4.90 Å². The van der Waals surface area contributed by atoms with Gasteiger partial charge in [0.05, 0.1) is 18.2 Å². The second-order valence-corrected chi connectivity index (χ2v) is 8.27. The first kappa shape index (κ1) is 21.7. The maximum atomic E-state index is 12.9. The molecular weight excluding hydrogens is 360 g/mol. The van der Waals surface area contributed by atoms with Gasteiger partial charge in [-0.1, -0.05) is 0 Å². The normalized spacial score (nSPS) is 16.7. The number of carbonyl (C=O) groups is 3. The van der Waals surface area contributed by atoms with E-state index in [2.05, 4.69) is 0 Å². The van der Waals surface area contributed by atoms with E-state index in [0.29, 0.717) is 29.8 Å². The second-order valence-electron chi connectivity index (χ2n) is 8.27. The monoisotopic (exact) mass is 390 g/mol. The van der Waals surface area contributed by atoms with Crippen molar-refractivity contribution in [2.24, 2.45) is 5.92 Å². The van der Waals surface area contributed by atoms with Crippen LogP contribution in [-0.4, -0.2) is 56.0 Å². The number of carbonyl (C=O) groups excluding carboxylic acids is 3. The van der Waals surface area contributed by atoms with Crippen molar-refractivity contribution < 1.29 is 23.9 Å². The van der Waals surface area contributed by atoms with E-state index in [1.807, 2.05) is 20.8 Å². The van der Waals surface area contributed by atoms with E-state index >= 15 is 0 Å². The SMILES string of the molecule is CN(C)C(=O)c1ccc2c(c1)N(C)C(=O)C(CCCC(=O)OC(C)(C)C)CO2. The molecule has 1 aliphatic rings. The summed E-state index contributed by atoms with van der Waals surface area (Å²) in [5.74, 6) is -0.272. The highest BCUT2D eigenvalue weighted by atomic mass is 16.6. The molecule has 154 valence electrons. The number of ether oxygens (including phenoxy) is 2. The van der Waals surface area contributed by atoms with Gasteiger partial charge in [0.2, 0.25) is 5.91 Å². The number of anilines is 1. The first-order chi connectivity index (χ1) is 13.0. The predicted molar refractivity (Wildman–Crippen MR) is 107 cm³/mol. The molecule has 0 aromatic heterocycles. The highest BCUT2D eigenvalue weighted by Crippen LogP contribution is 2.34. The van der Waals surface area contributed by atoms with E-state index in [-0.39, 0.29) is 36.7 Å². The van der Waals surface area contributed by atoms with Crippen LogP contribution in [0.5, 0.6) is 5.75 Å². The molecule has 7 heteroatoms. The highest BCUT2D eigenvalue weighted by molar-refractivity contribution is 6.00. The lowest BCUT2D eigenvalue weighted by Crippen LogP contribution is -2.33. The molecule has 1 aromatic carbocycles. The Morgan fingerprint density at radius 1 is 1.29 bits per heavy atom. The van der Waals surface area contributed by atoms with Gasteiger partial charge < -0.3 is 19.3 Å². The van der Waals surface area contributed by atoms with Crippen LogP contribution in [0.2, 0.25) is 0 Å². The summed E-state index contributed by atoms with van der Waals surface area (Å²) in [4.78, 5) is 40.0. The lowest BCUT2D eigenvalue weighted by molar-refractivity contribution is -0.155. The fraction of sp³-hybridized carbons (Fsp3) is 0.571. The molecule has 0 aliphatic carbocycles. The zero-order chi connectivity index (χ0) is 21.1. The average molecular weight is 390 g/mol. The van der Waals surface area contributed by atoms with Crippen LogP contribution in [0.25, 0.3) is 0 Å². The smallest absolute Gasteiger partial charge is 0.306 e. The molecule has 0 saturated heterocycles. The molecule has 0 fully saturated rings. The van der Waals surface area contributed by atoms with Crippen molar-refractivity contribution in [3.05, 3.63) is 23.8 Å². The Kier molecular flexibility index (Phi) is 6.69. The molecule has 2 rings (SSSR count). The summed E-state index contributed by atoms with van der Waals surface area (Å²) < 4.78 is 11.1. The van der Waals surface area contributed by atoms with Gasteiger partial charge >= 0.3 is 5.97 Å². The fourth-order valence-electron chi connectivity index (χ4n) is 3.04. The summed E-state index contributed by atoms with van der Waals surface area (Å²) in [5, 5.41) is 0. The number of nitrogens with zero attached hydrogens (tertiary/aromatic N) is 2. The lowest BCUT2D eigenvalue weighted by Gasteiger charge is -2.21. The Hall–Kier alpha value is -2.57. The number of amides is 2. The fourth-order valence-corrected chi connectivity index (χ4v) is 3.04. The molecule has 1 aliphatic heterocycles. The van der Waals surface area contributed by atoms with Gasteiger partial charge in [-0.05, 0) is 51.8 Å². The summed E-state index contributed by atoms with van der Waals surface area (Å²) >= 11 is 0. The summed E-state index contributed by atoms with van der Waals surface area (Å²) in [6.45, 7) is 5.73. The third-order valence-corrected chi connectivity index (χ3v) is 4.45. The summed E-state index contributed by atoms with van der Waals surface area (Å²) in [5.41, 5.74) is 0.560. The van der Waals surface area contributed by atoms with E-state index in [1.54, 1.807) is 39.3 Å². The van der Waals surface area contributed by atoms with E-state index in [4.69, 9.17) is 9.47 Å². The van der Waals surface area contributed by atoms with Gasteiger partial charge in [0, 0.05) is 33.1 Å². The van der Waals surface area contributed by atoms with Gasteiger partial charge in [0.15, 0.2) is 0 Å². The molecule has 0 bridgehead atoms. The van der Waals surface area contributed by atoms with E-state index in [0.717, 1.165) is 0 Å². The first-order valence-electron chi connectivity index (χ1n) is 9.47. The average Bonchev–Trinajstić information content (AvgIpc) is 2.71. The summed E-state index contributed by atoms with van der Waals surface area (Å²) in [7, 11) is 5.04. The Balaban J connectivity index is 2.04. The maximum absolute atomic E-state index is 12.9. The van der Waals surface area contributed by atoms with Crippen molar-refractivity contribution in [2.45, 2.75) is 45.6 Å². The third-order valence-electron chi connectivity index (χ3n) is 4.45. The Morgan fingerprint density at radius 3 is 2.57 bits per heavy atom. The van der Waals surface area contributed by atoms with Gasteiger partial charge in [-0.2, -0.15) is 0 Å². The van der Waals surface area contributed by atoms with Gasteiger partial charge in [0.1, 0.15) is 11.4 Å². The number of esters is 1. The van der Waals surface area contributed by atoms with E-state index in [9.17, 15) is 14.4 Å². The largest absolute Gasteiger partial charge is 0.491 e. The maximum Gasteiger partial charge on any atom is 0.306 e. The predicted octanol–water partition coefficient (Wildman–Crippen LogP) is 2.87. The standard InChI is InChI=1S/C21H30N2O5/c1-21(2,3)28-18(24)9-7-8-15-13-27-17-11-10-14(19(25)22(4)5)12-16(17)23(6)20(15)26/h10-12,15H,7-9,13H2,1-6H3. The van der Waals surface area contributed by atoms with Crippen LogP contribution < -0.4 is 9.64 Å². The Morgan fingerprint density at radius 2 is 1.96 bits per heavy atom. The number of hydrogen-bond acceptors (Lipinski definition) is 5. The van der Waals surface area contributed by atoms with Gasteiger partial charge in [-0.15, -0.1) is 0 Å². The van der Waals surface area contributed by atoms with Crippen molar-refractivity contribution >= 4 is 23.5 Å². The van der Waals surface area contributed by atoms with Crippen LogP contribution in [0.15, 0.2) is 18.2 Å². The molecule has 1 aromatic rings. The molecule has 0 N–H and O–H groups in total. The molecule has 28 heavy (non-hydrogen) atoms. The zero-order valence-corrected chi connectivity index (χ0v) is 17.6. The van der Waals surface area contributed by atoms with Crippen LogP contribution >= 0.6 is 0 Å². The zero-order valence-electron chi connectivity index (χ0n) is 17.6. The van der Waals surface area contributed by atoms with Crippen LogP contribution in [0, 0.1) is 5.92 Å². The van der Waals surface area contributed by atoms with Crippen molar-refractivity contribution in [3.8, 4) is 5.75 Å². The summed E-state index contributed by atoms with van der Waals surface area (Å²) in [6.07, 6.45) is 1.34. The third kappa shape index (κ3) is 5.47.